The van der Waals surface area contributed by atoms with Crippen molar-refractivity contribution >= 4 is 27.7 Å². The van der Waals surface area contributed by atoms with E-state index in [1.165, 1.54) is 0 Å². The Labute approximate surface area is 134 Å². The maximum Gasteiger partial charge on any atom is 0.249 e. The van der Waals surface area contributed by atoms with Gasteiger partial charge in [0.1, 0.15) is 11.1 Å². The normalized spacial score (nSPS) is 24.9. The zero-order valence-electron chi connectivity index (χ0n) is 12.9. The van der Waals surface area contributed by atoms with Gasteiger partial charge in [-0.15, -0.1) is 0 Å². The molecule has 0 spiro atoms. The molecule has 1 aliphatic heterocycles. The van der Waals surface area contributed by atoms with Crippen LogP contribution in [-0.2, 0) is 16.1 Å². The summed E-state index contributed by atoms with van der Waals surface area (Å²) >= 11 is 3.50. The smallest absolute Gasteiger partial charge is 0.249 e. The number of piperazine rings is 1. The minimum Gasteiger partial charge on any atom is -0.340 e. The Hall–Kier alpha value is -1.36. The third kappa shape index (κ3) is 2.71. The molecule has 2 rings (SSSR count). The van der Waals surface area contributed by atoms with Crippen molar-refractivity contribution in [2.45, 2.75) is 51.7 Å². The Kier molecular flexibility index (Phi) is 4.15. The van der Waals surface area contributed by atoms with Crippen molar-refractivity contribution in [1.82, 2.24) is 10.2 Å². The molecule has 1 aliphatic rings. The monoisotopic (exact) mass is 352 g/mol. The van der Waals surface area contributed by atoms with E-state index in [1.54, 1.807) is 25.7 Å². The highest BCUT2D eigenvalue weighted by molar-refractivity contribution is 9.10. The van der Waals surface area contributed by atoms with E-state index in [2.05, 4.69) is 21.2 Å². The number of hydrogen-bond donors (Lipinski definition) is 1. The highest BCUT2D eigenvalue weighted by Crippen LogP contribution is 2.31. The average Bonchev–Trinajstić information content (AvgIpc) is 2.44. The Morgan fingerprint density at radius 1 is 1.19 bits per heavy atom. The fourth-order valence-corrected chi connectivity index (χ4v) is 2.85. The van der Waals surface area contributed by atoms with Crippen molar-refractivity contribution in [2.24, 2.45) is 0 Å². The minimum atomic E-state index is -0.860. The Balaban J connectivity index is 2.40. The van der Waals surface area contributed by atoms with Crippen molar-refractivity contribution in [3.8, 4) is 0 Å². The van der Waals surface area contributed by atoms with Gasteiger partial charge in [0.15, 0.2) is 0 Å². The number of halogens is 1. The number of carbonyl (C=O) groups is 2. The number of benzene rings is 1. The molecule has 1 aromatic carbocycles. The topological polar surface area (TPSA) is 49.4 Å². The van der Waals surface area contributed by atoms with Crippen LogP contribution in [0.15, 0.2) is 28.7 Å². The first-order valence-electron chi connectivity index (χ1n) is 7.10. The zero-order chi connectivity index (χ0) is 15.8. The van der Waals surface area contributed by atoms with Gasteiger partial charge in [0.2, 0.25) is 11.8 Å². The quantitative estimate of drug-likeness (QED) is 0.909. The molecule has 0 bridgehead atoms. The predicted molar refractivity (Wildman–Crippen MR) is 85.6 cm³/mol. The summed E-state index contributed by atoms with van der Waals surface area (Å²) in [5, 5.41) is 2.87. The van der Waals surface area contributed by atoms with Gasteiger partial charge in [-0.3, -0.25) is 9.59 Å². The van der Waals surface area contributed by atoms with Crippen LogP contribution < -0.4 is 5.32 Å². The summed E-state index contributed by atoms with van der Waals surface area (Å²) in [5.41, 5.74) is -0.693. The van der Waals surface area contributed by atoms with E-state index in [1.807, 2.05) is 31.2 Å². The van der Waals surface area contributed by atoms with Crippen molar-refractivity contribution in [1.29, 1.82) is 0 Å². The van der Waals surface area contributed by atoms with Crippen LogP contribution in [0, 0.1) is 0 Å². The Morgan fingerprint density at radius 3 is 2.38 bits per heavy atom. The van der Waals surface area contributed by atoms with E-state index in [4.69, 9.17) is 0 Å². The molecule has 0 radical (unpaired) electrons. The largest absolute Gasteiger partial charge is 0.340 e. The van der Waals surface area contributed by atoms with Crippen LogP contribution in [0.4, 0.5) is 0 Å². The van der Waals surface area contributed by atoms with E-state index in [0.717, 1.165) is 10.0 Å². The molecule has 1 aromatic rings. The highest BCUT2D eigenvalue weighted by Gasteiger charge is 2.51. The molecule has 1 atom stereocenters. The molecule has 1 unspecified atom stereocenters. The lowest BCUT2D eigenvalue weighted by Gasteiger charge is -2.48. The van der Waals surface area contributed by atoms with Gasteiger partial charge in [-0.25, -0.2) is 0 Å². The number of nitrogens with one attached hydrogen (secondary N) is 1. The second kappa shape index (κ2) is 5.44. The van der Waals surface area contributed by atoms with Gasteiger partial charge >= 0.3 is 0 Å². The highest BCUT2D eigenvalue weighted by atomic mass is 79.9. The van der Waals surface area contributed by atoms with E-state index in [-0.39, 0.29) is 11.8 Å². The van der Waals surface area contributed by atoms with Crippen molar-refractivity contribution in [2.75, 3.05) is 0 Å². The lowest BCUT2D eigenvalue weighted by atomic mass is 9.86. The summed E-state index contributed by atoms with van der Waals surface area (Å²) in [4.78, 5) is 26.9. The number of nitrogens with zero attached hydrogens (tertiary/aromatic N) is 1. The van der Waals surface area contributed by atoms with Gasteiger partial charge in [-0.1, -0.05) is 41.1 Å². The number of amides is 2. The third-order valence-corrected chi connectivity index (χ3v) is 5.10. The third-order valence-electron chi connectivity index (χ3n) is 4.33. The van der Waals surface area contributed by atoms with Crippen molar-refractivity contribution in [3.63, 3.8) is 0 Å². The maximum absolute atomic E-state index is 12.9. The summed E-state index contributed by atoms with van der Waals surface area (Å²) in [7, 11) is 0. The molecular formula is C16H21BrN2O2. The predicted octanol–water partition coefficient (Wildman–Crippen LogP) is 2.85. The molecular weight excluding hydrogens is 332 g/mol. The van der Waals surface area contributed by atoms with Gasteiger partial charge in [-0.2, -0.15) is 0 Å². The van der Waals surface area contributed by atoms with Gasteiger partial charge in [-0.05, 0) is 38.8 Å². The first-order chi connectivity index (χ1) is 9.72. The van der Waals surface area contributed by atoms with Crippen LogP contribution in [0.1, 0.15) is 39.7 Å². The van der Waals surface area contributed by atoms with Crippen molar-refractivity contribution in [3.05, 3.63) is 34.3 Å². The average molecular weight is 353 g/mol. The van der Waals surface area contributed by atoms with Crippen molar-refractivity contribution < 1.29 is 9.59 Å². The SMILES string of the molecule is CCC1(C)NC(=O)C(C)(C)N(Cc2ccccc2Br)C1=O. The van der Waals surface area contributed by atoms with Crippen LogP contribution in [-0.4, -0.2) is 27.8 Å². The molecule has 0 saturated carbocycles. The molecule has 1 fully saturated rings. The lowest BCUT2D eigenvalue weighted by Crippen LogP contribution is -2.72. The second-order valence-electron chi connectivity index (χ2n) is 6.18. The number of rotatable bonds is 3. The van der Waals surface area contributed by atoms with Crippen LogP contribution in [0.2, 0.25) is 0 Å². The summed E-state index contributed by atoms with van der Waals surface area (Å²) in [6, 6.07) is 7.76. The molecule has 0 aliphatic carbocycles. The number of hydrogen-bond acceptors (Lipinski definition) is 2. The van der Waals surface area contributed by atoms with Gasteiger partial charge < -0.3 is 10.2 Å². The fourth-order valence-electron chi connectivity index (χ4n) is 2.44. The molecule has 114 valence electrons. The zero-order valence-corrected chi connectivity index (χ0v) is 14.5. The van der Waals surface area contributed by atoms with Gasteiger partial charge in [0.25, 0.3) is 0 Å². The summed E-state index contributed by atoms with van der Waals surface area (Å²) in [5.74, 6) is -0.149. The molecule has 1 saturated heterocycles. The number of carbonyl (C=O) groups excluding carboxylic acids is 2. The molecule has 1 N–H and O–H groups in total. The molecule has 21 heavy (non-hydrogen) atoms. The van der Waals surface area contributed by atoms with E-state index < -0.39 is 11.1 Å². The van der Waals surface area contributed by atoms with E-state index >= 15 is 0 Å². The Morgan fingerprint density at radius 2 is 1.81 bits per heavy atom. The first-order valence-corrected chi connectivity index (χ1v) is 7.90. The summed E-state index contributed by atoms with van der Waals surface area (Å²) in [6.45, 7) is 7.68. The summed E-state index contributed by atoms with van der Waals surface area (Å²) < 4.78 is 0.942. The van der Waals surface area contributed by atoms with Gasteiger partial charge in [0, 0.05) is 11.0 Å². The van der Waals surface area contributed by atoms with Crippen LogP contribution >= 0.6 is 15.9 Å². The van der Waals surface area contributed by atoms with E-state index in [0.29, 0.717) is 13.0 Å². The minimum absolute atomic E-state index is 0.0367. The molecule has 5 heteroatoms. The first kappa shape index (κ1) is 16.0. The molecule has 4 nitrogen and oxygen atoms in total. The van der Waals surface area contributed by atoms with Crippen LogP contribution in [0.25, 0.3) is 0 Å². The van der Waals surface area contributed by atoms with Crippen LogP contribution in [0.5, 0.6) is 0 Å². The Bertz CT molecular complexity index is 585. The second-order valence-corrected chi connectivity index (χ2v) is 7.04. The lowest BCUT2D eigenvalue weighted by molar-refractivity contribution is -0.161. The molecule has 1 heterocycles. The maximum atomic E-state index is 12.9. The molecule has 2 amide bonds. The van der Waals surface area contributed by atoms with Gasteiger partial charge in [0.05, 0.1) is 0 Å². The van der Waals surface area contributed by atoms with E-state index in [9.17, 15) is 9.59 Å². The summed E-state index contributed by atoms with van der Waals surface area (Å²) in [6.07, 6.45) is 0.570. The standard InChI is InChI=1S/C16H21BrN2O2/c1-5-16(4)14(21)19(15(2,3)13(20)18-16)10-11-8-6-7-9-12(11)17/h6-9H,5,10H2,1-4H3,(H,18,20). The fraction of sp³-hybridized carbons (Fsp3) is 0.500. The van der Waals surface area contributed by atoms with Crippen LogP contribution in [0.3, 0.4) is 0 Å². The molecule has 0 aromatic heterocycles.